The van der Waals surface area contributed by atoms with Crippen molar-refractivity contribution in [2.45, 2.75) is 10.7 Å². The van der Waals surface area contributed by atoms with Crippen LogP contribution in [0.5, 0.6) is 0 Å². The lowest BCUT2D eigenvalue weighted by atomic mass is 10.2. The van der Waals surface area contributed by atoms with E-state index in [0.717, 1.165) is 24.3 Å². The van der Waals surface area contributed by atoms with Crippen LogP contribution in [0.15, 0.2) is 59.5 Å². The lowest BCUT2D eigenvalue weighted by Crippen LogP contribution is -2.31. The number of alkyl halides is 2. The molecule has 2 rings (SSSR count). The second kappa shape index (κ2) is 8.05. The SMILES string of the molecule is CN(C(=O)COC(=O)c1ccc(S(=O)(=O)C(F)F)cc1)c1ccccc1. The highest BCUT2D eigenvalue weighted by atomic mass is 32.2. The van der Waals surface area contributed by atoms with E-state index in [2.05, 4.69) is 0 Å². The molecule has 0 N–H and O–H groups in total. The Hall–Kier alpha value is -2.81. The second-order valence-corrected chi connectivity index (χ2v) is 7.11. The van der Waals surface area contributed by atoms with E-state index in [-0.39, 0.29) is 5.56 Å². The summed E-state index contributed by atoms with van der Waals surface area (Å²) in [5, 5.41) is 0. The number of nitrogens with zero attached hydrogens (tertiary/aromatic N) is 1. The van der Waals surface area contributed by atoms with E-state index >= 15 is 0 Å². The number of rotatable bonds is 6. The first-order chi connectivity index (χ1) is 12.2. The maximum absolute atomic E-state index is 12.5. The summed E-state index contributed by atoms with van der Waals surface area (Å²) in [7, 11) is -3.21. The van der Waals surface area contributed by atoms with Crippen molar-refractivity contribution >= 4 is 27.4 Å². The largest absolute Gasteiger partial charge is 0.452 e. The number of sulfone groups is 1. The van der Waals surface area contributed by atoms with E-state index in [4.69, 9.17) is 4.74 Å². The fourth-order valence-corrected chi connectivity index (χ4v) is 2.71. The predicted molar refractivity (Wildman–Crippen MR) is 89.8 cm³/mol. The molecular formula is C17H15F2NO5S. The van der Waals surface area contributed by atoms with Crippen LogP contribution in [-0.4, -0.2) is 39.7 Å². The number of benzene rings is 2. The van der Waals surface area contributed by atoms with E-state index in [0.29, 0.717) is 5.69 Å². The van der Waals surface area contributed by atoms with Crippen molar-refractivity contribution in [3.8, 4) is 0 Å². The Balaban J connectivity index is 1.99. The molecule has 138 valence electrons. The first-order valence-electron chi connectivity index (χ1n) is 7.34. The third-order valence-corrected chi connectivity index (χ3v) is 4.90. The Morgan fingerprint density at radius 1 is 1.04 bits per heavy atom. The number of likely N-dealkylation sites (N-methyl/N-ethyl adjacent to an activating group) is 1. The summed E-state index contributed by atoms with van der Waals surface area (Å²) in [6.45, 7) is -0.526. The minimum atomic E-state index is -4.73. The molecule has 0 aliphatic rings. The molecule has 0 saturated heterocycles. The molecule has 0 saturated carbocycles. The lowest BCUT2D eigenvalue weighted by molar-refractivity contribution is -0.121. The molecule has 0 aliphatic heterocycles. The van der Waals surface area contributed by atoms with Crippen molar-refractivity contribution in [1.29, 1.82) is 0 Å². The van der Waals surface area contributed by atoms with Gasteiger partial charge < -0.3 is 9.64 Å². The molecule has 0 aliphatic carbocycles. The van der Waals surface area contributed by atoms with E-state index < -0.39 is 39.0 Å². The van der Waals surface area contributed by atoms with E-state index in [1.807, 2.05) is 0 Å². The fourth-order valence-electron chi connectivity index (χ4n) is 1.99. The fraction of sp³-hybridized carbons (Fsp3) is 0.176. The summed E-state index contributed by atoms with van der Waals surface area (Å²) in [6.07, 6.45) is 0. The highest BCUT2D eigenvalue weighted by Gasteiger charge is 2.26. The van der Waals surface area contributed by atoms with Crippen molar-refractivity contribution < 1.29 is 31.5 Å². The third-order valence-electron chi connectivity index (χ3n) is 3.50. The van der Waals surface area contributed by atoms with E-state index in [1.54, 1.807) is 30.3 Å². The van der Waals surface area contributed by atoms with Gasteiger partial charge in [0.05, 0.1) is 10.5 Å². The van der Waals surface area contributed by atoms with Gasteiger partial charge in [-0.25, -0.2) is 13.2 Å². The molecule has 26 heavy (non-hydrogen) atoms. The number of ether oxygens (including phenoxy) is 1. The first-order valence-corrected chi connectivity index (χ1v) is 8.89. The van der Waals surface area contributed by atoms with Crippen molar-refractivity contribution in [2.75, 3.05) is 18.6 Å². The summed E-state index contributed by atoms with van der Waals surface area (Å²) in [6, 6.07) is 12.6. The number of carbonyl (C=O) groups excluding carboxylic acids is 2. The minimum absolute atomic E-state index is 0.0617. The zero-order valence-corrected chi connectivity index (χ0v) is 14.4. The lowest BCUT2D eigenvalue weighted by Gasteiger charge is -2.17. The Morgan fingerprint density at radius 3 is 2.15 bits per heavy atom. The predicted octanol–water partition coefficient (Wildman–Crippen LogP) is 2.50. The van der Waals surface area contributed by atoms with Crippen LogP contribution >= 0.6 is 0 Å². The van der Waals surface area contributed by atoms with Crippen molar-refractivity contribution in [2.24, 2.45) is 0 Å². The van der Waals surface area contributed by atoms with Crippen molar-refractivity contribution in [3.05, 3.63) is 60.2 Å². The van der Waals surface area contributed by atoms with Crippen LogP contribution in [0.1, 0.15) is 10.4 Å². The number of hydrogen-bond donors (Lipinski definition) is 0. The Kier molecular flexibility index (Phi) is 6.04. The Bertz CT molecular complexity index is 883. The van der Waals surface area contributed by atoms with Gasteiger partial charge in [-0.05, 0) is 36.4 Å². The van der Waals surface area contributed by atoms with Crippen molar-refractivity contribution in [1.82, 2.24) is 0 Å². The molecule has 1 amide bonds. The molecule has 2 aromatic carbocycles. The van der Waals surface area contributed by atoms with Gasteiger partial charge in [-0.3, -0.25) is 4.79 Å². The van der Waals surface area contributed by atoms with Crippen LogP contribution in [-0.2, 0) is 19.4 Å². The highest BCUT2D eigenvalue weighted by molar-refractivity contribution is 7.91. The van der Waals surface area contributed by atoms with Gasteiger partial charge in [0.2, 0.25) is 9.84 Å². The van der Waals surface area contributed by atoms with Gasteiger partial charge in [-0.2, -0.15) is 8.78 Å². The Labute approximate surface area is 148 Å². The van der Waals surface area contributed by atoms with Crippen LogP contribution in [0.3, 0.4) is 0 Å². The molecule has 0 heterocycles. The third kappa shape index (κ3) is 4.42. The molecule has 0 spiro atoms. The van der Waals surface area contributed by atoms with Crippen LogP contribution in [0.2, 0.25) is 0 Å². The molecule has 0 atom stereocenters. The molecule has 6 nitrogen and oxygen atoms in total. The number of para-hydroxylation sites is 1. The molecule has 9 heteroatoms. The number of amides is 1. The standard InChI is InChI=1S/C17H15F2NO5S/c1-20(13-5-3-2-4-6-13)15(21)11-25-16(22)12-7-9-14(10-8-12)26(23,24)17(18)19/h2-10,17H,11H2,1H3. The van der Waals surface area contributed by atoms with Gasteiger partial charge >= 0.3 is 11.7 Å². The summed E-state index contributed by atoms with van der Waals surface area (Å²) in [5.74, 6) is -4.89. The maximum atomic E-state index is 12.5. The average Bonchev–Trinajstić information content (AvgIpc) is 2.65. The van der Waals surface area contributed by atoms with Crippen LogP contribution < -0.4 is 4.90 Å². The zero-order chi connectivity index (χ0) is 19.3. The molecule has 0 fully saturated rings. The van der Waals surface area contributed by atoms with Gasteiger partial charge in [-0.15, -0.1) is 0 Å². The minimum Gasteiger partial charge on any atom is -0.452 e. The number of hydrogen-bond acceptors (Lipinski definition) is 5. The normalized spacial score (nSPS) is 11.2. The second-order valence-electron chi connectivity index (χ2n) is 5.19. The molecular weight excluding hydrogens is 368 g/mol. The number of anilines is 1. The topological polar surface area (TPSA) is 80.8 Å². The Morgan fingerprint density at radius 2 is 1.62 bits per heavy atom. The number of halogens is 2. The molecule has 0 aromatic heterocycles. The van der Waals surface area contributed by atoms with Gasteiger partial charge in [0, 0.05) is 12.7 Å². The maximum Gasteiger partial charge on any atom is 0.341 e. The molecule has 0 radical (unpaired) electrons. The quantitative estimate of drug-likeness (QED) is 0.716. The van der Waals surface area contributed by atoms with Gasteiger partial charge in [-0.1, -0.05) is 18.2 Å². The molecule has 2 aromatic rings. The van der Waals surface area contributed by atoms with E-state index in [1.165, 1.54) is 11.9 Å². The average molecular weight is 383 g/mol. The number of esters is 1. The molecule has 0 unspecified atom stereocenters. The van der Waals surface area contributed by atoms with Crippen LogP contribution in [0.25, 0.3) is 0 Å². The zero-order valence-electron chi connectivity index (χ0n) is 13.6. The highest BCUT2D eigenvalue weighted by Crippen LogP contribution is 2.19. The van der Waals surface area contributed by atoms with Gasteiger partial charge in [0.1, 0.15) is 0 Å². The molecule has 0 bridgehead atoms. The van der Waals surface area contributed by atoms with Crippen LogP contribution in [0, 0.1) is 0 Å². The smallest absolute Gasteiger partial charge is 0.341 e. The van der Waals surface area contributed by atoms with E-state index in [9.17, 15) is 26.8 Å². The van der Waals surface area contributed by atoms with Crippen molar-refractivity contribution in [3.63, 3.8) is 0 Å². The van der Waals surface area contributed by atoms with Crippen LogP contribution in [0.4, 0.5) is 14.5 Å². The summed E-state index contributed by atoms with van der Waals surface area (Å²) >= 11 is 0. The monoisotopic (exact) mass is 383 g/mol. The summed E-state index contributed by atoms with van der Waals surface area (Å²) < 4.78 is 52.4. The number of carbonyl (C=O) groups is 2. The van der Waals surface area contributed by atoms with Gasteiger partial charge in [0.25, 0.3) is 5.91 Å². The van der Waals surface area contributed by atoms with Gasteiger partial charge in [0.15, 0.2) is 6.61 Å². The first kappa shape index (κ1) is 19.5. The summed E-state index contributed by atoms with van der Waals surface area (Å²) in [5.41, 5.74) is 0.559. The summed E-state index contributed by atoms with van der Waals surface area (Å²) in [4.78, 5) is 24.6.